The van der Waals surface area contributed by atoms with Crippen molar-refractivity contribution in [3.8, 4) is 11.5 Å². The Morgan fingerprint density at radius 3 is 2.95 bits per heavy atom. The summed E-state index contributed by atoms with van der Waals surface area (Å²) in [6, 6.07) is 0.397. The normalized spacial score (nSPS) is 17.8. The number of nitrogens with one attached hydrogen (secondary N) is 1. The average molecular weight is 264 g/mol. The first-order valence-electron chi connectivity index (χ1n) is 5.96. The fourth-order valence-corrected chi connectivity index (χ4v) is 2.12. The molecule has 0 spiro atoms. The van der Waals surface area contributed by atoms with Crippen molar-refractivity contribution < 1.29 is 14.6 Å². The van der Waals surface area contributed by atoms with E-state index in [1.807, 2.05) is 19.3 Å². The predicted octanol–water partition coefficient (Wildman–Crippen LogP) is 1.24. The second-order valence-electron chi connectivity index (χ2n) is 4.16. The Hall–Kier alpha value is -2.15. The molecule has 1 unspecified atom stereocenters. The lowest BCUT2D eigenvalue weighted by molar-refractivity contribution is -0.122. The molecule has 2 N–H and O–H groups in total. The van der Waals surface area contributed by atoms with Crippen LogP contribution in [0.5, 0.6) is 0 Å². The predicted molar refractivity (Wildman–Crippen MR) is 67.7 cm³/mol. The van der Waals surface area contributed by atoms with Crippen LogP contribution in [0.4, 0.5) is 0 Å². The van der Waals surface area contributed by atoms with E-state index in [4.69, 9.17) is 14.6 Å². The summed E-state index contributed by atoms with van der Waals surface area (Å²) in [4.78, 5) is 20.1. The van der Waals surface area contributed by atoms with Gasteiger partial charge in [-0.3, -0.25) is 4.79 Å². The van der Waals surface area contributed by atoms with Gasteiger partial charge in [0.25, 0.3) is 6.47 Å². The van der Waals surface area contributed by atoms with E-state index in [1.54, 1.807) is 6.33 Å². The van der Waals surface area contributed by atoms with Crippen molar-refractivity contribution in [3.63, 3.8) is 0 Å². The molecule has 19 heavy (non-hydrogen) atoms. The Kier molecular flexibility index (Phi) is 4.30. The fraction of sp³-hybridized carbons (Fsp3) is 0.417. The van der Waals surface area contributed by atoms with Crippen molar-refractivity contribution >= 4 is 6.47 Å². The highest BCUT2D eigenvalue weighted by atomic mass is 16.5. The molecule has 1 aliphatic rings. The molecule has 0 bridgehead atoms. The second kappa shape index (κ2) is 6.14. The van der Waals surface area contributed by atoms with Gasteiger partial charge in [-0.15, -0.1) is 0 Å². The Bertz CT molecular complexity index is 529. The quantitative estimate of drug-likeness (QED) is 0.796. The number of imidazole rings is 2. The van der Waals surface area contributed by atoms with E-state index in [2.05, 4.69) is 19.5 Å². The van der Waals surface area contributed by atoms with Crippen molar-refractivity contribution in [2.24, 2.45) is 0 Å². The maximum absolute atomic E-state index is 8.36. The topological polar surface area (TPSA) is 93.0 Å². The summed E-state index contributed by atoms with van der Waals surface area (Å²) in [6.07, 6.45) is 6.58. The highest BCUT2D eigenvalue weighted by molar-refractivity contribution is 5.53. The summed E-state index contributed by atoms with van der Waals surface area (Å²) in [5, 5.41) is 6.89. The molecule has 102 valence electrons. The lowest BCUT2D eigenvalue weighted by atomic mass is 10.2. The zero-order chi connectivity index (χ0) is 13.7. The standard InChI is InChI=1S/C11H14N4O.CH2O2/c1-8-10(14-7-13-8)11-12-3-4-15(11)9-2-5-16-6-9;2-1-3/h3-4,7,9H,2,5-6H2,1H3,(H,13,14);1H,(H,2,3). The maximum atomic E-state index is 8.36. The number of rotatable bonds is 2. The molecule has 3 rings (SSSR count). The van der Waals surface area contributed by atoms with Crippen molar-refractivity contribution in [3.05, 3.63) is 24.4 Å². The van der Waals surface area contributed by atoms with Crippen molar-refractivity contribution in [2.45, 2.75) is 19.4 Å². The third-order valence-electron chi connectivity index (χ3n) is 3.01. The van der Waals surface area contributed by atoms with Crippen LogP contribution in [0, 0.1) is 6.92 Å². The fourth-order valence-electron chi connectivity index (χ4n) is 2.12. The number of H-pyrrole nitrogens is 1. The molecular formula is C12H16N4O3. The van der Waals surface area contributed by atoms with Gasteiger partial charge in [0.2, 0.25) is 0 Å². The van der Waals surface area contributed by atoms with Crippen LogP contribution in [0.1, 0.15) is 18.2 Å². The summed E-state index contributed by atoms with van der Waals surface area (Å²) in [7, 11) is 0. The van der Waals surface area contributed by atoms with E-state index in [0.717, 1.165) is 36.8 Å². The van der Waals surface area contributed by atoms with E-state index >= 15 is 0 Å². The van der Waals surface area contributed by atoms with Gasteiger partial charge in [-0.05, 0) is 13.3 Å². The number of aromatic nitrogens is 4. The van der Waals surface area contributed by atoms with Gasteiger partial charge in [-0.1, -0.05) is 0 Å². The Morgan fingerprint density at radius 1 is 1.58 bits per heavy atom. The second-order valence-corrected chi connectivity index (χ2v) is 4.16. The summed E-state index contributed by atoms with van der Waals surface area (Å²) in [5.41, 5.74) is 1.98. The van der Waals surface area contributed by atoms with Gasteiger partial charge in [-0.2, -0.15) is 0 Å². The molecule has 0 saturated carbocycles. The highest BCUT2D eigenvalue weighted by Gasteiger charge is 2.21. The van der Waals surface area contributed by atoms with Crippen LogP contribution in [0.15, 0.2) is 18.7 Å². The molecule has 3 heterocycles. The lowest BCUT2D eigenvalue weighted by Crippen LogP contribution is -2.09. The number of nitrogens with zero attached hydrogens (tertiary/aromatic N) is 3. The number of carboxylic acid groups (broad SMARTS) is 1. The Labute approximate surface area is 110 Å². The smallest absolute Gasteiger partial charge is 0.290 e. The SMILES string of the molecule is Cc1[nH]cnc1-c1nccn1C1CCOC1.O=CO. The Morgan fingerprint density at radius 2 is 2.37 bits per heavy atom. The first-order valence-corrected chi connectivity index (χ1v) is 5.96. The minimum atomic E-state index is -0.250. The zero-order valence-corrected chi connectivity index (χ0v) is 10.6. The zero-order valence-electron chi connectivity index (χ0n) is 10.6. The van der Waals surface area contributed by atoms with Crippen LogP contribution in [0.25, 0.3) is 11.5 Å². The van der Waals surface area contributed by atoms with Crippen molar-refractivity contribution in [2.75, 3.05) is 13.2 Å². The minimum Gasteiger partial charge on any atom is -0.483 e. The molecule has 2 aromatic heterocycles. The molecule has 1 saturated heterocycles. The van der Waals surface area contributed by atoms with Gasteiger partial charge < -0.3 is 19.4 Å². The number of hydrogen-bond acceptors (Lipinski definition) is 4. The molecular weight excluding hydrogens is 248 g/mol. The minimum absolute atomic E-state index is 0.250. The van der Waals surface area contributed by atoms with E-state index in [-0.39, 0.29) is 6.47 Å². The third kappa shape index (κ3) is 2.82. The molecule has 2 aromatic rings. The van der Waals surface area contributed by atoms with E-state index < -0.39 is 0 Å². The van der Waals surface area contributed by atoms with Crippen LogP contribution in [0.3, 0.4) is 0 Å². The van der Waals surface area contributed by atoms with E-state index in [9.17, 15) is 0 Å². The molecule has 1 aliphatic heterocycles. The molecule has 7 heteroatoms. The number of aromatic amines is 1. The van der Waals surface area contributed by atoms with Crippen LogP contribution >= 0.6 is 0 Å². The lowest BCUT2D eigenvalue weighted by Gasteiger charge is -2.12. The third-order valence-corrected chi connectivity index (χ3v) is 3.01. The summed E-state index contributed by atoms with van der Waals surface area (Å²) >= 11 is 0. The van der Waals surface area contributed by atoms with Gasteiger partial charge >= 0.3 is 0 Å². The molecule has 7 nitrogen and oxygen atoms in total. The number of hydrogen-bond donors (Lipinski definition) is 2. The van der Waals surface area contributed by atoms with Gasteiger partial charge in [0.15, 0.2) is 5.82 Å². The summed E-state index contributed by atoms with van der Waals surface area (Å²) in [6.45, 7) is 3.36. The first-order chi connectivity index (χ1) is 9.27. The van der Waals surface area contributed by atoms with Gasteiger partial charge in [0.1, 0.15) is 5.69 Å². The Balaban J connectivity index is 0.000000408. The molecule has 0 radical (unpaired) electrons. The molecule has 1 fully saturated rings. The van der Waals surface area contributed by atoms with Gasteiger partial charge in [0.05, 0.1) is 19.0 Å². The van der Waals surface area contributed by atoms with Gasteiger partial charge in [-0.25, -0.2) is 9.97 Å². The summed E-state index contributed by atoms with van der Waals surface area (Å²) < 4.78 is 7.57. The number of carbonyl (C=O) groups is 1. The molecule has 0 aromatic carbocycles. The maximum Gasteiger partial charge on any atom is 0.290 e. The molecule has 1 atom stereocenters. The monoisotopic (exact) mass is 264 g/mol. The van der Waals surface area contributed by atoms with Crippen molar-refractivity contribution in [1.29, 1.82) is 0 Å². The number of ether oxygens (including phenoxy) is 1. The average Bonchev–Trinajstić information content (AvgIpc) is 3.09. The molecule has 0 aliphatic carbocycles. The van der Waals surface area contributed by atoms with Crippen molar-refractivity contribution in [1.82, 2.24) is 19.5 Å². The first kappa shape index (κ1) is 13.3. The van der Waals surface area contributed by atoms with Crippen LogP contribution in [-0.2, 0) is 9.53 Å². The van der Waals surface area contributed by atoms with Gasteiger partial charge in [0, 0.05) is 24.7 Å². The van der Waals surface area contributed by atoms with E-state index in [1.165, 1.54) is 0 Å². The van der Waals surface area contributed by atoms with Crippen LogP contribution < -0.4 is 0 Å². The highest BCUT2D eigenvalue weighted by Crippen LogP contribution is 2.26. The largest absolute Gasteiger partial charge is 0.483 e. The van der Waals surface area contributed by atoms with Crippen LogP contribution in [-0.4, -0.2) is 44.3 Å². The summed E-state index contributed by atoms with van der Waals surface area (Å²) in [5.74, 6) is 0.925. The van der Waals surface area contributed by atoms with E-state index in [0.29, 0.717) is 6.04 Å². The number of aryl methyl sites for hydroxylation is 1. The van der Waals surface area contributed by atoms with Crippen LogP contribution in [0.2, 0.25) is 0 Å². The molecule has 0 amide bonds.